The molecular formula is C17H18N2O. The molecule has 1 amide bonds. The van der Waals surface area contributed by atoms with E-state index >= 15 is 0 Å². The molecule has 3 rings (SSSR count). The Morgan fingerprint density at radius 3 is 2.40 bits per heavy atom. The van der Waals surface area contributed by atoms with Crippen LogP contribution in [0.25, 0.3) is 11.3 Å². The molecule has 0 atom stereocenters. The van der Waals surface area contributed by atoms with Crippen LogP contribution >= 0.6 is 0 Å². The Morgan fingerprint density at radius 2 is 1.75 bits per heavy atom. The highest BCUT2D eigenvalue weighted by atomic mass is 16.2. The molecule has 0 unspecified atom stereocenters. The van der Waals surface area contributed by atoms with Gasteiger partial charge in [-0.15, -0.1) is 0 Å². The molecular weight excluding hydrogens is 248 g/mol. The SMILES string of the molecule is Cc1nc(-c2ccccc2)ccc1C(=O)N1CCCC1. The smallest absolute Gasteiger partial charge is 0.255 e. The fourth-order valence-corrected chi connectivity index (χ4v) is 2.65. The Labute approximate surface area is 119 Å². The summed E-state index contributed by atoms with van der Waals surface area (Å²) in [7, 11) is 0. The lowest BCUT2D eigenvalue weighted by Crippen LogP contribution is -2.28. The second-order valence-electron chi connectivity index (χ2n) is 5.19. The van der Waals surface area contributed by atoms with Crippen molar-refractivity contribution >= 4 is 5.91 Å². The van der Waals surface area contributed by atoms with Crippen LogP contribution in [0, 0.1) is 6.92 Å². The minimum atomic E-state index is 0.118. The molecule has 1 saturated heterocycles. The van der Waals surface area contributed by atoms with Crippen molar-refractivity contribution in [2.24, 2.45) is 0 Å². The van der Waals surface area contributed by atoms with E-state index < -0.39 is 0 Å². The van der Waals surface area contributed by atoms with Gasteiger partial charge in [-0.2, -0.15) is 0 Å². The van der Waals surface area contributed by atoms with Gasteiger partial charge >= 0.3 is 0 Å². The van der Waals surface area contributed by atoms with Crippen LogP contribution in [0.5, 0.6) is 0 Å². The van der Waals surface area contributed by atoms with Gasteiger partial charge in [0.2, 0.25) is 0 Å². The zero-order chi connectivity index (χ0) is 13.9. The summed E-state index contributed by atoms with van der Waals surface area (Å²) < 4.78 is 0. The largest absolute Gasteiger partial charge is 0.339 e. The third kappa shape index (κ3) is 2.44. The molecule has 1 aromatic carbocycles. The first-order valence-electron chi connectivity index (χ1n) is 7.08. The highest BCUT2D eigenvalue weighted by molar-refractivity contribution is 5.95. The first kappa shape index (κ1) is 12.9. The van der Waals surface area contributed by atoms with Crippen LogP contribution < -0.4 is 0 Å². The van der Waals surface area contributed by atoms with Gasteiger partial charge in [-0.25, -0.2) is 0 Å². The van der Waals surface area contributed by atoms with E-state index in [1.54, 1.807) is 0 Å². The van der Waals surface area contributed by atoms with E-state index in [4.69, 9.17) is 0 Å². The molecule has 3 nitrogen and oxygen atoms in total. The maximum atomic E-state index is 12.4. The normalized spacial score (nSPS) is 14.6. The molecule has 1 fully saturated rings. The minimum absolute atomic E-state index is 0.118. The molecule has 0 radical (unpaired) electrons. The second-order valence-corrected chi connectivity index (χ2v) is 5.19. The number of benzene rings is 1. The molecule has 0 bridgehead atoms. The average molecular weight is 266 g/mol. The lowest BCUT2D eigenvalue weighted by atomic mass is 10.1. The van der Waals surface area contributed by atoms with Gasteiger partial charge in [0.25, 0.3) is 5.91 Å². The Bertz CT molecular complexity index is 616. The summed E-state index contributed by atoms with van der Waals surface area (Å²) in [5.74, 6) is 0.118. The fraction of sp³-hybridized carbons (Fsp3) is 0.294. The maximum absolute atomic E-state index is 12.4. The number of pyridine rings is 1. The number of hydrogen-bond donors (Lipinski definition) is 0. The molecule has 0 aliphatic carbocycles. The van der Waals surface area contributed by atoms with Crippen LogP contribution in [-0.4, -0.2) is 28.9 Å². The Morgan fingerprint density at radius 1 is 1.05 bits per heavy atom. The van der Waals surface area contributed by atoms with E-state index in [9.17, 15) is 4.79 Å². The highest BCUT2D eigenvalue weighted by Crippen LogP contribution is 2.20. The van der Waals surface area contributed by atoms with Crippen molar-refractivity contribution in [2.75, 3.05) is 13.1 Å². The third-order valence-electron chi connectivity index (χ3n) is 3.78. The maximum Gasteiger partial charge on any atom is 0.255 e. The van der Waals surface area contributed by atoms with Gasteiger partial charge in [0.05, 0.1) is 17.0 Å². The van der Waals surface area contributed by atoms with E-state index in [-0.39, 0.29) is 5.91 Å². The van der Waals surface area contributed by atoms with Gasteiger partial charge in [0.1, 0.15) is 0 Å². The summed E-state index contributed by atoms with van der Waals surface area (Å²) in [6.07, 6.45) is 2.22. The summed E-state index contributed by atoms with van der Waals surface area (Å²) >= 11 is 0. The van der Waals surface area contributed by atoms with Crippen LogP contribution in [0.2, 0.25) is 0 Å². The molecule has 0 N–H and O–H groups in total. The molecule has 1 aromatic heterocycles. The van der Waals surface area contributed by atoms with Gasteiger partial charge in [0, 0.05) is 18.7 Å². The van der Waals surface area contributed by atoms with Crippen molar-refractivity contribution in [1.29, 1.82) is 0 Å². The number of amides is 1. The molecule has 1 aliphatic rings. The molecule has 1 aliphatic heterocycles. The van der Waals surface area contributed by atoms with Gasteiger partial charge in [-0.1, -0.05) is 30.3 Å². The summed E-state index contributed by atoms with van der Waals surface area (Å²) in [5.41, 5.74) is 3.53. The number of rotatable bonds is 2. The van der Waals surface area contributed by atoms with Gasteiger partial charge in [-0.3, -0.25) is 9.78 Å². The number of carbonyl (C=O) groups excluding carboxylic acids is 1. The lowest BCUT2D eigenvalue weighted by Gasteiger charge is -2.16. The standard InChI is InChI=1S/C17H18N2O/c1-13-15(17(20)19-11-5-6-12-19)9-10-16(18-13)14-7-3-2-4-8-14/h2-4,7-10H,5-6,11-12H2,1H3. The Balaban J connectivity index is 1.90. The number of aryl methyl sites for hydroxylation is 1. The highest BCUT2D eigenvalue weighted by Gasteiger charge is 2.21. The summed E-state index contributed by atoms with van der Waals surface area (Å²) in [6, 6.07) is 13.9. The number of aromatic nitrogens is 1. The van der Waals surface area contributed by atoms with Crippen molar-refractivity contribution in [3.8, 4) is 11.3 Å². The molecule has 2 aromatic rings. The van der Waals surface area contributed by atoms with Crippen molar-refractivity contribution in [3.63, 3.8) is 0 Å². The minimum Gasteiger partial charge on any atom is -0.339 e. The van der Waals surface area contributed by atoms with E-state index in [1.807, 2.05) is 54.3 Å². The predicted molar refractivity (Wildman–Crippen MR) is 79.5 cm³/mol. The van der Waals surface area contributed by atoms with Crippen molar-refractivity contribution in [3.05, 3.63) is 53.7 Å². The Hall–Kier alpha value is -2.16. The predicted octanol–water partition coefficient (Wildman–Crippen LogP) is 3.29. The number of nitrogens with zero attached hydrogens (tertiary/aromatic N) is 2. The van der Waals surface area contributed by atoms with E-state index in [1.165, 1.54) is 0 Å². The Kier molecular flexibility index (Phi) is 3.50. The summed E-state index contributed by atoms with van der Waals surface area (Å²) in [4.78, 5) is 18.9. The van der Waals surface area contributed by atoms with E-state index in [2.05, 4.69) is 4.98 Å². The van der Waals surface area contributed by atoms with Gasteiger partial charge < -0.3 is 4.90 Å². The number of hydrogen-bond acceptors (Lipinski definition) is 2. The van der Waals surface area contributed by atoms with Crippen LogP contribution in [0.3, 0.4) is 0 Å². The van der Waals surface area contributed by atoms with Crippen molar-refractivity contribution < 1.29 is 4.79 Å². The third-order valence-corrected chi connectivity index (χ3v) is 3.78. The molecule has 3 heteroatoms. The molecule has 102 valence electrons. The second kappa shape index (κ2) is 5.45. The quantitative estimate of drug-likeness (QED) is 0.835. The summed E-state index contributed by atoms with van der Waals surface area (Å²) in [5, 5.41) is 0. The van der Waals surface area contributed by atoms with Crippen molar-refractivity contribution in [2.45, 2.75) is 19.8 Å². The zero-order valence-corrected chi connectivity index (χ0v) is 11.7. The first-order chi connectivity index (χ1) is 9.75. The van der Waals surface area contributed by atoms with E-state index in [0.29, 0.717) is 0 Å². The van der Waals surface area contributed by atoms with Crippen LogP contribution in [-0.2, 0) is 0 Å². The molecule has 2 heterocycles. The topological polar surface area (TPSA) is 33.2 Å². The number of carbonyl (C=O) groups is 1. The first-order valence-corrected chi connectivity index (χ1v) is 7.08. The summed E-state index contributed by atoms with van der Waals surface area (Å²) in [6.45, 7) is 3.66. The van der Waals surface area contributed by atoms with Crippen LogP contribution in [0.4, 0.5) is 0 Å². The molecule has 20 heavy (non-hydrogen) atoms. The average Bonchev–Trinajstić information content (AvgIpc) is 3.01. The lowest BCUT2D eigenvalue weighted by molar-refractivity contribution is 0.0791. The van der Waals surface area contributed by atoms with E-state index in [0.717, 1.165) is 48.4 Å². The monoisotopic (exact) mass is 266 g/mol. The van der Waals surface area contributed by atoms with Crippen molar-refractivity contribution in [1.82, 2.24) is 9.88 Å². The van der Waals surface area contributed by atoms with Crippen LogP contribution in [0.1, 0.15) is 28.9 Å². The fourth-order valence-electron chi connectivity index (χ4n) is 2.65. The zero-order valence-electron chi connectivity index (χ0n) is 11.7. The molecule has 0 saturated carbocycles. The molecule has 0 spiro atoms. The number of likely N-dealkylation sites (tertiary alicyclic amines) is 1. The van der Waals surface area contributed by atoms with Gasteiger partial charge in [0.15, 0.2) is 0 Å². The van der Waals surface area contributed by atoms with Gasteiger partial charge in [-0.05, 0) is 31.9 Å². The van der Waals surface area contributed by atoms with Crippen LogP contribution in [0.15, 0.2) is 42.5 Å².